The largest absolute Gasteiger partial charge is 0.367 e. The molecule has 4 atom stereocenters. The molecule has 1 amide bonds. The van der Waals surface area contributed by atoms with Crippen molar-refractivity contribution >= 4 is 22.9 Å². The van der Waals surface area contributed by atoms with Crippen LogP contribution in [-0.2, 0) is 25.5 Å². The summed E-state index contributed by atoms with van der Waals surface area (Å²) in [6, 6.07) is 20.7. The molecule has 2 aliphatic rings. The Hall–Kier alpha value is -3.90. The van der Waals surface area contributed by atoms with Crippen LogP contribution in [0.25, 0.3) is 11.2 Å². The predicted molar refractivity (Wildman–Crippen MR) is 153 cm³/mol. The fourth-order valence-electron chi connectivity index (χ4n) is 5.65. The van der Waals surface area contributed by atoms with E-state index < -0.39 is 30.3 Å². The number of fused-ring (bicyclic) bond motifs is 2. The summed E-state index contributed by atoms with van der Waals surface area (Å²) in [6.45, 7) is 6.72. The molecular weight excluding hydrogens is 522 g/mol. The molecule has 2 aromatic heterocycles. The minimum Gasteiger partial charge on any atom is -0.367 e. The maximum absolute atomic E-state index is 12.9. The number of nitrogens with one attached hydrogen (secondary N) is 2. The second-order valence-electron chi connectivity index (χ2n) is 10.7. The van der Waals surface area contributed by atoms with Gasteiger partial charge in [-0.05, 0) is 31.9 Å². The number of amides is 1. The summed E-state index contributed by atoms with van der Waals surface area (Å²) in [4.78, 5) is 26.9. The third kappa shape index (κ3) is 5.29. The van der Waals surface area contributed by atoms with Crippen molar-refractivity contribution in [3.8, 4) is 0 Å². The van der Waals surface area contributed by atoms with Gasteiger partial charge in [0.2, 0.25) is 0 Å². The number of aromatic nitrogens is 4. The molecule has 0 aliphatic carbocycles. The zero-order chi connectivity index (χ0) is 28.6. The van der Waals surface area contributed by atoms with Gasteiger partial charge in [-0.25, -0.2) is 15.0 Å². The molecule has 6 rings (SSSR count). The van der Waals surface area contributed by atoms with E-state index in [9.17, 15) is 4.79 Å². The molecule has 2 saturated heterocycles. The molecule has 2 aliphatic heterocycles. The van der Waals surface area contributed by atoms with Crippen molar-refractivity contribution in [2.45, 2.75) is 63.6 Å². The SMILES string of the molecule is CCNC(=O)[C@H]1O[C@@H](n2cnc3c(NCC(c4ccccc4)c4ccccc4)nc(CN)nc32)[C@@H]2OC(C)(C)O[C@@H]21. The lowest BCUT2D eigenvalue weighted by Gasteiger charge is -2.24. The van der Waals surface area contributed by atoms with E-state index in [1.165, 1.54) is 11.1 Å². The van der Waals surface area contributed by atoms with Crippen molar-refractivity contribution in [2.24, 2.45) is 5.73 Å². The molecule has 0 bridgehead atoms. The molecule has 0 spiro atoms. The van der Waals surface area contributed by atoms with Gasteiger partial charge in [-0.3, -0.25) is 9.36 Å². The van der Waals surface area contributed by atoms with Crippen molar-refractivity contribution in [3.05, 3.63) is 83.9 Å². The van der Waals surface area contributed by atoms with E-state index in [1.807, 2.05) is 57.2 Å². The summed E-state index contributed by atoms with van der Waals surface area (Å²) in [5, 5.41) is 6.36. The molecule has 4 heterocycles. The highest BCUT2D eigenvalue weighted by Crippen LogP contribution is 2.44. The first kappa shape index (κ1) is 27.3. The van der Waals surface area contributed by atoms with Crippen LogP contribution >= 0.6 is 0 Å². The molecule has 2 fully saturated rings. The van der Waals surface area contributed by atoms with Crippen molar-refractivity contribution in [1.82, 2.24) is 24.8 Å². The Balaban J connectivity index is 1.34. The lowest BCUT2D eigenvalue weighted by Crippen LogP contribution is -2.42. The summed E-state index contributed by atoms with van der Waals surface area (Å²) in [5.41, 5.74) is 9.50. The van der Waals surface area contributed by atoms with Crippen LogP contribution in [0, 0.1) is 0 Å². The number of ether oxygens (including phenoxy) is 3. The van der Waals surface area contributed by atoms with Crippen LogP contribution in [0.15, 0.2) is 67.0 Å². The average molecular weight is 558 g/mol. The number of hydrogen-bond donors (Lipinski definition) is 3. The number of carbonyl (C=O) groups excluding carboxylic acids is 1. The summed E-state index contributed by atoms with van der Waals surface area (Å²) in [6.07, 6.45) is -0.995. The minimum absolute atomic E-state index is 0.0776. The van der Waals surface area contributed by atoms with Crippen LogP contribution in [0.3, 0.4) is 0 Å². The van der Waals surface area contributed by atoms with Gasteiger partial charge in [-0.15, -0.1) is 0 Å². The van der Waals surface area contributed by atoms with Crippen LogP contribution in [0.5, 0.6) is 0 Å². The summed E-state index contributed by atoms with van der Waals surface area (Å²) < 4.78 is 20.4. The molecular formula is C30H35N7O4. The molecule has 2 aromatic carbocycles. The van der Waals surface area contributed by atoms with Crippen LogP contribution in [-0.4, -0.2) is 62.6 Å². The molecule has 0 saturated carbocycles. The summed E-state index contributed by atoms with van der Waals surface area (Å²) in [5.74, 6) is -0.00897. The monoisotopic (exact) mass is 557 g/mol. The third-order valence-electron chi connectivity index (χ3n) is 7.44. The van der Waals surface area contributed by atoms with E-state index in [2.05, 4.69) is 39.9 Å². The zero-order valence-corrected chi connectivity index (χ0v) is 23.4. The number of carbonyl (C=O) groups is 1. The van der Waals surface area contributed by atoms with Gasteiger partial charge >= 0.3 is 0 Å². The van der Waals surface area contributed by atoms with E-state index in [0.29, 0.717) is 35.9 Å². The molecule has 0 radical (unpaired) electrons. The van der Waals surface area contributed by atoms with E-state index in [1.54, 1.807) is 10.9 Å². The standard InChI is InChI=1S/C30H35N7O4/c1-4-32-28(38)24-23-25(41-30(2,3)40-23)29(39-24)37-17-34-22-26(35-21(15-31)36-27(22)37)33-16-20(18-11-7-5-8-12-18)19-13-9-6-10-14-19/h5-14,17,20,23-25,29H,4,15-16,31H2,1-3H3,(H,32,38)(H,33,35,36)/t23-,24+,25-,29-/m1/s1. The summed E-state index contributed by atoms with van der Waals surface area (Å²) in [7, 11) is 0. The third-order valence-corrected chi connectivity index (χ3v) is 7.44. The number of anilines is 1. The molecule has 4 N–H and O–H groups in total. The lowest BCUT2D eigenvalue weighted by atomic mass is 9.91. The average Bonchev–Trinajstić information content (AvgIpc) is 3.64. The van der Waals surface area contributed by atoms with Gasteiger partial charge in [0.25, 0.3) is 5.91 Å². The number of nitrogens with two attached hydrogens (primary N) is 1. The smallest absolute Gasteiger partial charge is 0.252 e. The van der Waals surface area contributed by atoms with E-state index in [-0.39, 0.29) is 18.4 Å². The van der Waals surface area contributed by atoms with Crippen LogP contribution < -0.4 is 16.4 Å². The van der Waals surface area contributed by atoms with Gasteiger partial charge in [-0.1, -0.05) is 60.7 Å². The first-order valence-electron chi connectivity index (χ1n) is 13.9. The van der Waals surface area contributed by atoms with Gasteiger partial charge in [0.05, 0.1) is 12.9 Å². The van der Waals surface area contributed by atoms with Gasteiger partial charge in [0, 0.05) is 19.0 Å². The van der Waals surface area contributed by atoms with Gasteiger partial charge in [-0.2, -0.15) is 0 Å². The predicted octanol–water partition coefficient (Wildman–Crippen LogP) is 3.08. The summed E-state index contributed by atoms with van der Waals surface area (Å²) >= 11 is 0. The van der Waals surface area contributed by atoms with Crippen LogP contribution in [0.1, 0.15) is 49.9 Å². The van der Waals surface area contributed by atoms with Gasteiger partial charge < -0.3 is 30.6 Å². The van der Waals surface area contributed by atoms with Crippen molar-refractivity contribution in [3.63, 3.8) is 0 Å². The van der Waals surface area contributed by atoms with E-state index >= 15 is 0 Å². The topological polar surface area (TPSA) is 138 Å². The first-order chi connectivity index (χ1) is 19.9. The fraction of sp³-hybridized carbons (Fsp3) is 0.400. The van der Waals surface area contributed by atoms with E-state index in [0.717, 1.165) is 0 Å². The second-order valence-corrected chi connectivity index (χ2v) is 10.7. The molecule has 214 valence electrons. The minimum atomic E-state index is -0.869. The number of likely N-dealkylation sites (N-methyl/N-ethyl adjacent to an activating group) is 1. The fourth-order valence-corrected chi connectivity index (χ4v) is 5.65. The Morgan fingerprint density at radius 1 is 1.02 bits per heavy atom. The Kier molecular flexibility index (Phi) is 7.43. The number of benzene rings is 2. The normalized spacial score (nSPS) is 23.1. The Morgan fingerprint density at radius 3 is 2.32 bits per heavy atom. The molecule has 0 unspecified atom stereocenters. The quantitative estimate of drug-likeness (QED) is 0.283. The Morgan fingerprint density at radius 2 is 1.68 bits per heavy atom. The zero-order valence-electron chi connectivity index (χ0n) is 23.4. The number of nitrogens with zero attached hydrogens (tertiary/aromatic N) is 4. The Bertz CT molecular complexity index is 1470. The number of hydrogen-bond acceptors (Lipinski definition) is 9. The van der Waals surface area contributed by atoms with Crippen molar-refractivity contribution in [2.75, 3.05) is 18.4 Å². The maximum Gasteiger partial charge on any atom is 0.252 e. The van der Waals surface area contributed by atoms with Crippen molar-refractivity contribution < 1.29 is 19.0 Å². The number of imidazole rings is 1. The maximum atomic E-state index is 12.9. The van der Waals surface area contributed by atoms with Gasteiger partial charge in [0.15, 0.2) is 35.1 Å². The highest BCUT2D eigenvalue weighted by Gasteiger charge is 2.58. The van der Waals surface area contributed by atoms with Crippen LogP contribution in [0.4, 0.5) is 5.82 Å². The molecule has 11 nitrogen and oxygen atoms in total. The van der Waals surface area contributed by atoms with Crippen LogP contribution in [0.2, 0.25) is 0 Å². The first-order valence-corrected chi connectivity index (χ1v) is 13.9. The molecule has 11 heteroatoms. The highest BCUT2D eigenvalue weighted by molar-refractivity contribution is 5.84. The highest BCUT2D eigenvalue weighted by atomic mass is 16.8. The van der Waals surface area contributed by atoms with E-state index in [4.69, 9.17) is 29.9 Å². The van der Waals surface area contributed by atoms with Crippen molar-refractivity contribution in [1.29, 1.82) is 0 Å². The van der Waals surface area contributed by atoms with Gasteiger partial charge in [0.1, 0.15) is 18.0 Å². The Labute approximate surface area is 238 Å². The molecule has 4 aromatic rings. The lowest BCUT2D eigenvalue weighted by molar-refractivity contribution is -0.197. The molecule has 41 heavy (non-hydrogen) atoms. The number of rotatable bonds is 9. The second kappa shape index (κ2) is 11.2.